The van der Waals surface area contributed by atoms with Crippen molar-refractivity contribution in [2.24, 2.45) is 0 Å². The normalized spacial score (nSPS) is 15.9. The third-order valence-corrected chi connectivity index (χ3v) is 4.78. The van der Waals surface area contributed by atoms with Crippen LogP contribution in [0, 0.1) is 0 Å². The molecular formula is C17H23N3O3S. The summed E-state index contributed by atoms with van der Waals surface area (Å²) in [7, 11) is 0. The van der Waals surface area contributed by atoms with Crippen LogP contribution in [0.2, 0.25) is 0 Å². The summed E-state index contributed by atoms with van der Waals surface area (Å²) in [6, 6.07) is 4.04. The van der Waals surface area contributed by atoms with Crippen LogP contribution in [0.15, 0.2) is 23.8 Å². The van der Waals surface area contributed by atoms with E-state index in [0.717, 1.165) is 24.2 Å². The smallest absolute Gasteiger partial charge is 0.221 e. The van der Waals surface area contributed by atoms with Crippen LogP contribution in [0.1, 0.15) is 23.1 Å². The van der Waals surface area contributed by atoms with Gasteiger partial charge in [-0.05, 0) is 18.4 Å². The van der Waals surface area contributed by atoms with E-state index < -0.39 is 6.10 Å². The molecule has 0 saturated carbocycles. The van der Waals surface area contributed by atoms with E-state index in [-0.39, 0.29) is 0 Å². The molecule has 0 spiro atoms. The van der Waals surface area contributed by atoms with Gasteiger partial charge in [-0.3, -0.25) is 4.90 Å². The van der Waals surface area contributed by atoms with Crippen LogP contribution >= 0.6 is 11.3 Å². The Balaban J connectivity index is 1.49. The Hall–Kier alpha value is -1.54. The second kappa shape index (κ2) is 8.53. The van der Waals surface area contributed by atoms with Crippen molar-refractivity contribution < 1.29 is 14.6 Å². The summed E-state index contributed by atoms with van der Waals surface area (Å²) >= 11 is 1.66. The van der Waals surface area contributed by atoms with Crippen LogP contribution in [-0.4, -0.2) is 52.4 Å². The highest BCUT2D eigenvalue weighted by Gasteiger charge is 2.23. The van der Waals surface area contributed by atoms with Crippen molar-refractivity contribution in [3.8, 4) is 5.88 Å². The molecule has 3 heterocycles. The zero-order chi connectivity index (χ0) is 16.8. The van der Waals surface area contributed by atoms with E-state index in [1.165, 1.54) is 4.88 Å². The summed E-state index contributed by atoms with van der Waals surface area (Å²) in [6.45, 7) is 5.58. The SMILES string of the molecule is CCOc1ncnc2c1CN(CC(O)COCc1cccs1)CC2. The predicted octanol–water partition coefficient (Wildman–Crippen LogP) is 1.87. The highest BCUT2D eigenvalue weighted by Crippen LogP contribution is 2.24. The highest BCUT2D eigenvalue weighted by atomic mass is 32.1. The lowest BCUT2D eigenvalue weighted by Crippen LogP contribution is -2.38. The largest absolute Gasteiger partial charge is 0.478 e. The van der Waals surface area contributed by atoms with Gasteiger partial charge < -0.3 is 14.6 Å². The summed E-state index contributed by atoms with van der Waals surface area (Å²) < 4.78 is 11.2. The number of β-amino-alcohol motifs (C(OH)–C–C–N with tert-alkyl or cyclic N) is 1. The minimum atomic E-state index is -0.508. The zero-order valence-electron chi connectivity index (χ0n) is 13.9. The molecule has 0 amide bonds. The Morgan fingerprint density at radius 1 is 1.42 bits per heavy atom. The topological polar surface area (TPSA) is 67.7 Å². The van der Waals surface area contributed by atoms with Crippen molar-refractivity contribution in [2.75, 3.05) is 26.3 Å². The van der Waals surface area contributed by atoms with Gasteiger partial charge in [-0.2, -0.15) is 0 Å². The molecule has 7 heteroatoms. The average Bonchev–Trinajstić information content (AvgIpc) is 3.09. The highest BCUT2D eigenvalue weighted by molar-refractivity contribution is 7.09. The quantitative estimate of drug-likeness (QED) is 0.785. The fraction of sp³-hybridized carbons (Fsp3) is 0.529. The van der Waals surface area contributed by atoms with Crippen LogP contribution < -0.4 is 4.74 Å². The Kier molecular flexibility index (Phi) is 6.14. The molecule has 0 bridgehead atoms. The number of hydrogen-bond donors (Lipinski definition) is 1. The third-order valence-electron chi connectivity index (χ3n) is 3.93. The molecule has 3 rings (SSSR count). The van der Waals surface area contributed by atoms with Gasteiger partial charge in [-0.15, -0.1) is 11.3 Å². The number of hydrogen-bond acceptors (Lipinski definition) is 7. The molecule has 0 aliphatic carbocycles. The average molecular weight is 349 g/mol. The molecule has 0 radical (unpaired) electrons. The maximum atomic E-state index is 10.2. The van der Waals surface area contributed by atoms with E-state index in [2.05, 4.69) is 14.9 Å². The summed E-state index contributed by atoms with van der Waals surface area (Å²) in [6.07, 6.45) is 1.90. The summed E-state index contributed by atoms with van der Waals surface area (Å²) in [5.41, 5.74) is 2.09. The predicted molar refractivity (Wildman–Crippen MR) is 92.2 cm³/mol. The summed E-state index contributed by atoms with van der Waals surface area (Å²) in [5.74, 6) is 0.663. The molecule has 0 saturated heterocycles. The third kappa shape index (κ3) is 4.51. The van der Waals surface area contributed by atoms with Crippen molar-refractivity contribution in [1.29, 1.82) is 0 Å². The molecular weight excluding hydrogens is 326 g/mol. The van der Waals surface area contributed by atoms with E-state index in [1.807, 2.05) is 24.4 Å². The van der Waals surface area contributed by atoms with Crippen molar-refractivity contribution in [3.63, 3.8) is 0 Å². The fourth-order valence-corrected chi connectivity index (χ4v) is 3.47. The van der Waals surface area contributed by atoms with Crippen LogP contribution in [0.3, 0.4) is 0 Å². The van der Waals surface area contributed by atoms with Crippen LogP contribution in [0.25, 0.3) is 0 Å². The minimum Gasteiger partial charge on any atom is -0.478 e. The molecule has 1 atom stereocenters. The first kappa shape index (κ1) is 17.3. The van der Waals surface area contributed by atoms with Crippen molar-refractivity contribution >= 4 is 11.3 Å². The van der Waals surface area contributed by atoms with Gasteiger partial charge in [0.1, 0.15) is 6.33 Å². The maximum Gasteiger partial charge on any atom is 0.221 e. The van der Waals surface area contributed by atoms with Gasteiger partial charge in [0.15, 0.2) is 0 Å². The lowest BCUT2D eigenvalue weighted by Gasteiger charge is -2.30. The van der Waals surface area contributed by atoms with Gasteiger partial charge in [-0.25, -0.2) is 9.97 Å². The molecule has 1 aliphatic rings. The number of thiophene rings is 1. The monoisotopic (exact) mass is 349 g/mol. The van der Waals surface area contributed by atoms with Crippen LogP contribution in [0.4, 0.5) is 0 Å². The Labute approximate surface area is 146 Å². The Morgan fingerprint density at radius 3 is 3.12 bits per heavy atom. The molecule has 1 N–H and O–H groups in total. The van der Waals surface area contributed by atoms with E-state index in [4.69, 9.17) is 9.47 Å². The molecule has 1 unspecified atom stereocenters. The fourth-order valence-electron chi connectivity index (χ4n) is 2.83. The van der Waals surface area contributed by atoms with E-state index in [1.54, 1.807) is 17.7 Å². The van der Waals surface area contributed by atoms with Gasteiger partial charge in [0.05, 0.1) is 31.6 Å². The van der Waals surface area contributed by atoms with E-state index in [9.17, 15) is 5.11 Å². The minimum absolute atomic E-state index is 0.338. The molecule has 0 aromatic carbocycles. The maximum absolute atomic E-state index is 10.2. The summed E-state index contributed by atoms with van der Waals surface area (Å²) in [5, 5.41) is 12.3. The molecule has 0 fully saturated rings. The van der Waals surface area contributed by atoms with E-state index in [0.29, 0.717) is 38.8 Å². The molecule has 2 aromatic heterocycles. The van der Waals surface area contributed by atoms with Crippen molar-refractivity contribution in [2.45, 2.75) is 32.6 Å². The molecule has 6 nitrogen and oxygen atoms in total. The van der Waals surface area contributed by atoms with Crippen molar-refractivity contribution in [1.82, 2.24) is 14.9 Å². The number of nitrogens with zero attached hydrogens (tertiary/aromatic N) is 3. The Bertz CT molecular complexity index is 636. The number of rotatable bonds is 8. The molecule has 130 valence electrons. The second-order valence-electron chi connectivity index (χ2n) is 5.77. The first-order valence-electron chi connectivity index (χ1n) is 8.22. The zero-order valence-corrected chi connectivity index (χ0v) is 14.7. The van der Waals surface area contributed by atoms with Gasteiger partial charge in [-0.1, -0.05) is 6.07 Å². The van der Waals surface area contributed by atoms with E-state index >= 15 is 0 Å². The number of aliphatic hydroxyl groups is 1. The Morgan fingerprint density at radius 2 is 2.33 bits per heavy atom. The molecule has 1 aliphatic heterocycles. The van der Waals surface area contributed by atoms with Gasteiger partial charge in [0.25, 0.3) is 0 Å². The second-order valence-corrected chi connectivity index (χ2v) is 6.80. The first-order valence-corrected chi connectivity index (χ1v) is 9.10. The molecule has 2 aromatic rings. The lowest BCUT2D eigenvalue weighted by atomic mass is 10.1. The van der Waals surface area contributed by atoms with Crippen LogP contribution in [-0.2, 0) is 24.3 Å². The number of aromatic nitrogens is 2. The number of ether oxygens (including phenoxy) is 2. The lowest BCUT2D eigenvalue weighted by molar-refractivity contribution is 0.00818. The van der Waals surface area contributed by atoms with Gasteiger partial charge in [0.2, 0.25) is 5.88 Å². The van der Waals surface area contributed by atoms with Gasteiger partial charge >= 0.3 is 0 Å². The molecule has 24 heavy (non-hydrogen) atoms. The number of fused-ring (bicyclic) bond motifs is 1. The number of aliphatic hydroxyl groups excluding tert-OH is 1. The standard InChI is InChI=1S/C17H23N3O3S/c1-2-23-17-15-9-20(6-5-16(15)18-12-19-17)8-13(21)10-22-11-14-4-3-7-24-14/h3-4,7,12-13,21H,2,5-6,8-11H2,1H3. The summed E-state index contributed by atoms with van der Waals surface area (Å²) in [4.78, 5) is 12.0. The van der Waals surface area contributed by atoms with Crippen molar-refractivity contribution in [3.05, 3.63) is 40.0 Å². The first-order chi connectivity index (χ1) is 11.8. The van der Waals surface area contributed by atoms with Gasteiger partial charge in [0, 0.05) is 36.5 Å². The van der Waals surface area contributed by atoms with Crippen LogP contribution in [0.5, 0.6) is 5.88 Å².